The van der Waals surface area contributed by atoms with Gasteiger partial charge in [-0.05, 0) is 27.2 Å². The third-order valence-electron chi connectivity index (χ3n) is 2.05. The van der Waals surface area contributed by atoms with Crippen molar-refractivity contribution in [2.75, 3.05) is 20.3 Å². The van der Waals surface area contributed by atoms with Gasteiger partial charge in [-0.25, -0.2) is 0 Å². The first-order valence-corrected chi connectivity index (χ1v) is 5.40. The first-order chi connectivity index (χ1) is 6.96. The molecule has 0 saturated heterocycles. The van der Waals surface area contributed by atoms with E-state index in [0.717, 1.165) is 0 Å². The number of rotatable bonds is 7. The van der Waals surface area contributed by atoms with Gasteiger partial charge in [0.25, 0.3) is 0 Å². The average molecular weight is 217 g/mol. The summed E-state index contributed by atoms with van der Waals surface area (Å²) in [5.74, 6) is -0.191. The molecule has 4 heteroatoms. The molecule has 0 bridgehead atoms. The van der Waals surface area contributed by atoms with Crippen molar-refractivity contribution in [3.63, 3.8) is 0 Å². The predicted octanol–water partition coefficient (Wildman–Crippen LogP) is 1.34. The fourth-order valence-corrected chi connectivity index (χ4v) is 1.44. The van der Waals surface area contributed by atoms with Gasteiger partial charge >= 0.3 is 5.97 Å². The average Bonchev–Trinajstić information content (AvgIpc) is 2.14. The van der Waals surface area contributed by atoms with E-state index < -0.39 is 0 Å². The van der Waals surface area contributed by atoms with Crippen molar-refractivity contribution in [3.05, 3.63) is 0 Å². The van der Waals surface area contributed by atoms with E-state index in [9.17, 15) is 4.79 Å². The van der Waals surface area contributed by atoms with Crippen molar-refractivity contribution >= 4 is 5.97 Å². The Morgan fingerprint density at radius 2 is 2.00 bits per heavy atom. The van der Waals surface area contributed by atoms with Crippen LogP contribution in [-0.4, -0.2) is 37.9 Å². The molecule has 0 fully saturated rings. The van der Waals surface area contributed by atoms with Crippen molar-refractivity contribution in [1.82, 2.24) is 5.32 Å². The summed E-state index contributed by atoms with van der Waals surface area (Å²) in [5, 5.41) is 3.23. The first-order valence-electron chi connectivity index (χ1n) is 5.40. The maximum atomic E-state index is 11.5. The third-order valence-corrected chi connectivity index (χ3v) is 2.05. The number of nitrogens with one attached hydrogen (secondary N) is 1. The van der Waals surface area contributed by atoms with Gasteiger partial charge in [0.1, 0.15) is 6.04 Å². The lowest BCUT2D eigenvalue weighted by Gasteiger charge is -2.29. The molecule has 0 aliphatic heterocycles. The van der Waals surface area contributed by atoms with Crippen LogP contribution in [0.4, 0.5) is 0 Å². The van der Waals surface area contributed by atoms with E-state index in [0.29, 0.717) is 19.6 Å². The van der Waals surface area contributed by atoms with Gasteiger partial charge in [-0.15, -0.1) is 0 Å². The van der Waals surface area contributed by atoms with E-state index in [1.54, 1.807) is 7.11 Å². The minimum atomic E-state index is -0.255. The van der Waals surface area contributed by atoms with Gasteiger partial charge in [-0.2, -0.15) is 0 Å². The van der Waals surface area contributed by atoms with Crippen molar-refractivity contribution in [2.45, 2.75) is 45.7 Å². The topological polar surface area (TPSA) is 47.6 Å². The van der Waals surface area contributed by atoms with Crippen LogP contribution in [0.1, 0.15) is 34.1 Å². The molecule has 0 spiro atoms. The highest BCUT2D eigenvalue weighted by Gasteiger charge is 2.26. The molecule has 0 aromatic carbocycles. The molecular formula is C11H23NO3. The minimum Gasteiger partial charge on any atom is -0.465 e. The predicted molar refractivity (Wildman–Crippen MR) is 59.8 cm³/mol. The van der Waals surface area contributed by atoms with Crippen molar-refractivity contribution in [1.29, 1.82) is 0 Å². The van der Waals surface area contributed by atoms with E-state index >= 15 is 0 Å². The molecule has 0 radical (unpaired) electrons. The van der Waals surface area contributed by atoms with E-state index in [4.69, 9.17) is 9.47 Å². The maximum Gasteiger partial charge on any atom is 0.323 e. The van der Waals surface area contributed by atoms with Crippen molar-refractivity contribution < 1.29 is 14.3 Å². The summed E-state index contributed by atoms with van der Waals surface area (Å²) < 4.78 is 10.1. The number of ether oxygens (including phenoxy) is 2. The summed E-state index contributed by atoms with van der Waals surface area (Å²) in [6.45, 7) is 8.74. The normalized spacial score (nSPS) is 13.7. The third kappa shape index (κ3) is 5.74. The molecule has 0 amide bonds. The molecule has 4 nitrogen and oxygen atoms in total. The molecule has 0 saturated carbocycles. The standard InChI is InChI=1S/C11H23NO3/c1-6-9(10(13)15-7-2)12-11(3,4)8-14-5/h9,12H,6-8H2,1-5H3. The van der Waals surface area contributed by atoms with Gasteiger partial charge in [0.2, 0.25) is 0 Å². The fourth-order valence-electron chi connectivity index (χ4n) is 1.44. The van der Waals surface area contributed by atoms with Crippen LogP contribution < -0.4 is 5.32 Å². The van der Waals surface area contributed by atoms with Gasteiger partial charge in [0.05, 0.1) is 13.2 Å². The lowest BCUT2D eigenvalue weighted by Crippen LogP contribution is -2.52. The van der Waals surface area contributed by atoms with E-state index in [-0.39, 0.29) is 17.6 Å². The summed E-state index contributed by atoms with van der Waals surface area (Å²) in [5.41, 5.74) is -0.220. The summed E-state index contributed by atoms with van der Waals surface area (Å²) in [4.78, 5) is 11.5. The Morgan fingerprint density at radius 3 is 2.40 bits per heavy atom. The van der Waals surface area contributed by atoms with E-state index in [1.165, 1.54) is 0 Å². The second kappa shape index (κ2) is 6.80. The van der Waals surface area contributed by atoms with Crippen LogP contribution in [-0.2, 0) is 14.3 Å². The minimum absolute atomic E-state index is 0.191. The number of carbonyl (C=O) groups excluding carboxylic acids is 1. The van der Waals surface area contributed by atoms with Gasteiger partial charge in [-0.1, -0.05) is 6.92 Å². The largest absolute Gasteiger partial charge is 0.465 e. The highest BCUT2D eigenvalue weighted by molar-refractivity contribution is 5.75. The number of hydrogen-bond acceptors (Lipinski definition) is 4. The zero-order valence-electron chi connectivity index (χ0n) is 10.4. The second-order valence-corrected chi connectivity index (χ2v) is 4.17. The van der Waals surface area contributed by atoms with Crippen LogP contribution in [0.2, 0.25) is 0 Å². The lowest BCUT2D eigenvalue weighted by atomic mass is 10.0. The molecule has 0 aliphatic rings. The molecule has 1 atom stereocenters. The quantitative estimate of drug-likeness (QED) is 0.654. The Bertz CT molecular complexity index is 192. The Balaban J connectivity index is 4.25. The molecule has 90 valence electrons. The Morgan fingerprint density at radius 1 is 1.40 bits per heavy atom. The van der Waals surface area contributed by atoms with E-state index in [1.807, 2.05) is 27.7 Å². The summed E-state index contributed by atoms with van der Waals surface area (Å²) in [6.07, 6.45) is 0.714. The Labute approximate surface area is 92.3 Å². The fraction of sp³-hybridized carbons (Fsp3) is 0.909. The molecule has 0 rings (SSSR count). The summed E-state index contributed by atoms with van der Waals surface area (Å²) in [7, 11) is 1.65. The van der Waals surface area contributed by atoms with Gasteiger partial charge in [-0.3, -0.25) is 10.1 Å². The van der Waals surface area contributed by atoms with Crippen molar-refractivity contribution in [3.8, 4) is 0 Å². The second-order valence-electron chi connectivity index (χ2n) is 4.17. The zero-order chi connectivity index (χ0) is 11.9. The Kier molecular flexibility index (Phi) is 6.52. The molecule has 1 N–H and O–H groups in total. The first kappa shape index (κ1) is 14.4. The molecule has 15 heavy (non-hydrogen) atoms. The van der Waals surface area contributed by atoms with Gasteiger partial charge < -0.3 is 9.47 Å². The van der Waals surface area contributed by atoms with Crippen LogP contribution in [0, 0.1) is 0 Å². The van der Waals surface area contributed by atoms with Gasteiger partial charge in [0, 0.05) is 12.6 Å². The van der Waals surface area contributed by atoms with Crippen LogP contribution in [0.5, 0.6) is 0 Å². The maximum absolute atomic E-state index is 11.5. The van der Waals surface area contributed by atoms with Crippen LogP contribution in [0.25, 0.3) is 0 Å². The number of methoxy groups -OCH3 is 1. The van der Waals surface area contributed by atoms with Crippen LogP contribution >= 0.6 is 0 Å². The number of esters is 1. The van der Waals surface area contributed by atoms with Crippen LogP contribution in [0.15, 0.2) is 0 Å². The lowest BCUT2D eigenvalue weighted by molar-refractivity contribution is -0.146. The highest BCUT2D eigenvalue weighted by atomic mass is 16.5. The number of carbonyl (C=O) groups is 1. The highest BCUT2D eigenvalue weighted by Crippen LogP contribution is 2.07. The molecule has 0 aromatic heterocycles. The summed E-state index contributed by atoms with van der Waals surface area (Å²) in [6, 6.07) is -0.255. The molecule has 0 aromatic rings. The van der Waals surface area contributed by atoms with Gasteiger partial charge in [0.15, 0.2) is 0 Å². The van der Waals surface area contributed by atoms with Crippen LogP contribution in [0.3, 0.4) is 0 Å². The zero-order valence-corrected chi connectivity index (χ0v) is 10.4. The van der Waals surface area contributed by atoms with E-state index in [2.05, 4.69) is 5.32 Å². The van der Waals surface area contributed by atoms with Crippen molar-refractivity contribution in [2.24, 2.45) is 0 Å². The molecular weight excluding hydrogens is 194 g/mol. The smallest absolute Gasteiger partial charge is 0.323 e. The monoisotopic (exact) mass is 217 g/mol. The SMILES string of the molecule is CCOC(=O)C(CC)NC(C)(C)COC. The summed E-state index contributed by atoms with van der Waals surface area (Å²) >= 11 is 0. The molecule has 0 heterocycles. The Hall–Kier alpha value is -0.610. The molecule has 0 aliphatic carbocycles. The molecule has 1 unspecified atom stereocenters. The number of hydrogen-bond donors (Lipinski definition) is 1.